The van der Waals surface area contributed by atoms with Gasteiger partial charge in [-0.15, -0.1) is 0 Å². The van der Waals surface area contributed by atoms with Crippen molar-refractivity contribution >= 4 is 5.97 Å². The normalized spacial score (nSPS) is 26.5. The summed E-state index contributed by atoms with van der Waals surface area (Å²) < 4.78 is 4.81. The average molecular weight is 242 g/mol. The third-order valence-corrected chi connectivity index (χ3v) is 3.82. The van der Waals surface area contributed by atoms with Crippen molar-refractivity contribution < 1.29 is 9.53 Å². The van der Waals surface area contributed by atoms with E-state index in [2.05, 4.69) is 37.6 Å². The van der Waals surface area contributed by atoms with E-state index in [4.69, 9.17) is 4.74 Å². The molecule has 1 unspecified atom stereocenters. The molecule has 0 aromatic rings. The third kappa shape index (κ3) is 3.68. The number of carbonyl (C=O) groups is 1. The first kappa shape index (κ1) is 14.5. The highest BCUT2D eigenvalue weighted by Gasteiger charge is 2.35. The summed E-state index contributed by atoms with van der Waals surface area (Å²) in [6.45, 7) is 9.69. The Labute approximate surface area is 105 Å². The van der Waals surface area contributed by atoms with E-state index in [1.807, 2.05) is 0 Å². The molecule has 1 aliphatic rings. The van der Waals surface area contributed by atoms with E-state index in [0.717, 1.165) is 26.1 Å². The molecule has 0 aliphatic carbocycles. The molecule has 4 heteroatoms. The molecular weight excluding hydrogens is 216 g/mol. The Hall–Kier alpha value is -0.610. The van der Waals surface area contributed by atoms with E-state index in [1.54, 1.807) is 0 Å². The summed E-state index contributed by atoms with van der Waals surface area (Å²) >= 11 is 0. The van der Waals surface area contributed by atoms with E-state index in [0.29, 0.717) is 6.42 Å². The van der Waals surface area contributed by atoms with Gasteiger partial charge in [0.15, 0.2) is 0 Å². The molecule has 1 atom stereocenters. The predicted molar refractivity (Wildman–Crippen MR) is 69.0 cm³/mol. The van der Waals surface area contributed by atoms with Crippen molar-refractivity contribution in [2.75, 3.05) is 33.8 Å². The fourth-order valence-corrected chi connectivity index (χ4v) is 2.79. The topological polar surface area (TPSA) is 32.8 Å². The largest absolute Gasteiger partial charge is 0.469 e. The van der Waals surface area contributed by atoms with Gasteiger partial charge in [0.05, 0.1) is 13.5 Å². The van der Waals surface area contributed by atoms with Crippen molar-refractivity contribution in [2.24, 2.45) is 0 Å². The van der Waals surface area contributed by atoms with E-state index in [9.17, 15) is 4.79 Å². The van der Waals surface area contributed by atoms with Crippen LogP contribution in [0.1, 0.15) is 33.6 Å². The Kier molecular flexibility index (Phi) is 4.95. The van der Waals surface area contributed by atoms with Crippen LogP contribution in [0.2, 0.25) is 0 Å². The minimum atomic E-state index is -0.112. The average Bonchev–Trinajstić information content (AvgIpc) is 2.36. The number of hydrogen-bond donors (Lipinski definition) is 0. The van der Waals surface area contributed by atoms with E-state index < -0.39 is 0 Å². The van der Waals surface area contributed by atoms with Crippen LogP contribution in [0.3, 0.4) is 0 Å². The Morgan fingerprint density at radius 3 is 2.65 bits per heavy atom. The molecule has 100 valence electrons. The Morgan fingerprint density at radius 2 is 2.12 bits per heavy atom. The molecule has 0 aromatic carbocycles. The molecule has 0 amide bonds. The van der Waals surface area contributed by atoms with Gasteiger partial charge in [0.1, 0.15) is 0 Å². The molecule has 17 heavy (non-hydrogen) atoms. The second-order valence-corrected chi connectivity index (χ2v) is 5.54. The second kappa shape index (κ2) is 5.83. The summed E-state index contributed by atoms with van der Waals surface area (Å²) in [5, 5.41) is 0. The fourth-order valence-electron chi connectivity index (χ4n) is 2.79. The monoisotopic (exact) mass is 242 g/mol. The molecule has 1 fully saturated rings. The molecule has 0 spiro atoms. The summed E-state index contributed by atoms with van der Waals surface area (Å²) in [4.78, 5) is 16.3. The van der Waals surface area contributed by atoms with Gasteiger partial charge in [-0.05, 0) is 40.4 Å². The number of ether oxygens (including phenoxy) is 1. The van der Waals surface area contributed by atoms with Crippen LogP contribution in [0.4, 0.5) is 0 Å². The summed E-state index contributed by atoms with van der Waals surface area (Å²) in [7, 11) is 3.59. The molecular formula is C13H26N2O2. The Bertz CT molecular complexity index is 266. The summed E-state index contributed by atoms with van der Waals surface area (Å²) in [5.41, 5.74) is 0.151. The van der Waals surface area contributed by atoms with Crippen LogP contribution < -0.4 is 0 Å². The van der Waals surface area contributed by atoms with E-state index in [1.165, 1.54) is 7.11 Å². The fraction of sp³-hybridized carbons (Fsp3) is 0.923. The highest BCUT2D eigenvalue weighted by atomic mass is 16.5. The van der Waals surface area contributed by atoms with Gasteiger partial charge >= 0.3 is 5.97 Å². The standard InChI is InChI=1S/C13H26N2O2/c1-6-15-11(9-12(16)17-5)10-14(4)8-7-13(15,2)3/h11H,6-10H2,1-5H3. The van der Waals surface area contributed by atoms with Gasteiger partial charge in [-0.25, -0.2) is 0 Å². The lowest BCUT2D eigenvalue weighted by Crippen LogP contribution is -2.51. The molecule has 1 saturated heterocycles. The lowest BCUT2D eigenvalue weighted by Gasteiger charge is -2.41. The van der Waals surface area contributed by atoms with E-state index >= 15 is 0 Å². The summed E-state index contributed by atoms with van der Waals surface area (Å²) in [5.74, 6) is -0.112. The van der Waals surface area contributed by atoms with Crippen LogP contribution in [-0.4, -0.2) is 61.1 Å². The Morgan fingerprint density at radius 1 is 1.47 bits per heavy atom. The van der Waals surface area contributed by atoms with Crippen LogP contribution in [0.15, 0.2) is 0 Å². The smallest absolute Gasteiger partial charge is 0.307 e. The molecule has 1 rings (SSSR count). The maximum absolute atomic E-state index is 11.5. The zero-order valence-corrected chi connectivity index (χ0v) is 11.8. The SMILES string of the molecule is CCN1C(CC(=O)OC)CN(C)CCC1(C)C. The van der Waals surface area contributed by atoms with Gasteiger partial charge in [0, 0.05) is 18.1 Å². The van der Waals surface area contributed by atoms with Crippen LogP contribution in [0.5, 0.6) is 0 Å². The number of esters is 1. The number of rotatable bonds is 3. The molecule has 0 N–H and O–H groups in total. The van der Waals surface area contributed by atoms with Crippen molar-refractivity contribution in [2.45, 2.75) is 45.2 Å². The van der Waals surface area contributed by atoms with Crippen molar-refractivity contribution in [1.82, 2.24) is 9.80 Å². The van der Waals surface area contributed by atoms with E-state index in [-0.39, 0.29) is 17.6 Å². The van der Waals surface area contributed by atoms with Crippen molar-refractivity contribution in [3.8, 4) is 0 Å². The zero-order chi connectivity index (χ0) is 13.1. The van der Waals surface area contributed by atoms with Gasteiger partial charge in [0.2, 0.25) is 0 Å². The molecule has 0 radical (unpaired) electrons. The first-order valence-corrected chi connectivity index (χ1v) is 6.42. The molecule has 0 aromatic heterocycles. The van der Waals surface area contributed by atoms with Gasteiger partial charge in [-0.3, -0.25) is 9.69 Å². The third-order valence-electron chi connectivity index (χ3n) is 3.82. The highest BCUT2D eigenvalue weighted by Crippen LogP contribution is 2.26. The number of carbonyl (C=O) groups excluding carboxylic acids is 1. The first-order chi connectivity index (χ1) is 7.90. The predicted octanol–water partition coefficient (Wildman–Crippen LogP) is 1.35. The van der Waals surface area contributed by atoms with Crippen LogP contribution in [0.25, 0.3) is 0 Å². The van der Waals surface area contributed by atoms with Crippen molar-refractivity contribution in [1.29, 1.82) is 0 Å². The van der Waals surface area contributed by atoms with Gasteiger partial charge in [-0.1, -0.05) is 6.92 Å². The van der Waals surface area contributed by atoms with Crippen LogP contribution >= 0.6 is 0 Å². The quantitative estimate of drug-likeness (QED) is 0.700. The second-order valence-electron chi connectivity index (χ2n) is 5.54. The lowest BCUT2D eigenvalue weighted by molar-refractivity contribution is -0.142. The minimum absolute atomic E-state index is 0.112. The molecule has 4 nitrogen and oxygen atoms in total. The lowest BCUT2D eigenvalue weighted by atomic mass is 9.96. The van der Waals surface area contributed by atoms with Crippen molar-refractivity contribution in [3.05, 3.63) is 0 Å². The number of hydrogen-bond acceptors (Lipinski definition) is 4. The van der Waals surface area contributed by atoms with Crippen LogP contribution in [0, 0.1) is 0 Å². The molecule has 1 aliphatic heterocycles. The first-order valence-electron chi connectivity index (χ1n) is 6.42. The van der Waals surface area contributed by atoms with Gasteiger partial charge in [-0.2, -0.15) is 0 Å². The highest BCUT2D eigenvalue weighted by molar-refractivity contribution is 5.70. The zero-order valence-electron chi connectivity index (χ0n) is 11.8. The Balaban J connectivity index is 2.83. The number of methoxy groups -OCH3 is 1. The molecule has 0 saturated carbocycles. The number of nitrogens with zero attached hydrogens (tertiary/aromatic N) is 2. The molecule has 1 heterocycles. The van der Waals surface area contributed by atoms with Gasteiger partial charge < -0.3 is 9.64 Å². The molecule has 0 bridgehead atoms. The van der Waals surface area contributed by atoms with Crippen LogP contribution in [-0.2, 0) is 9.53 Å². The van der Waals surface area contributed by atoms with Crippen molar-refractivity contribution in [3.63, 3.8) is 0 Å². The number of likely N-dealkylation sites (N-methyl/N-ethyl adjacent to an activating group) is 2. The van der Waals surface area contributed by atoms with Gasteiger partial charge in [0.25, 0.3) is 0 Å². The summed E-state index contributed by atoms with van der Waals surface area (Å²) in [6.07, 6.45) is 1.62. The minimum Gasteiger partial charge on any atom is -0.469 e. The summed E-state index contributed by atoms with van der Waals surface area (Å²) in [6, 6.07) is 0.259. The maximum Gasteiger partial charge on any atom is 0.307 e. The maximum atomic E-state index is 11.5.